The van der Waals surface area contributed by atoms with Crippen LogP contribution in [0.15, 0.2) is 18.2 Å². The Labute approximate surface area is 97.1 Å². The zero-order chi connectivity index (χ0) is 12.1. The summed E-state index contributed by atoms with van der Waals surface area (Å²) in [6, 6.07) is 3.83. The highest BCUT2D eigenvalue weighted by atomic mass is 32.2. The van der Waals surface area contributed by atoms with E-state index in [1.807, 2.05) is 6.92 Å². The molecule has 0 bridgehead atoms. The van der Waals surface area contributed by atoms with E-state index in [2.05, 4.69) is 5.32 Å². The monoisotopic (exact) mass is 245 g/mol. The Morgan fingerprint density at radius 3 is 2.88 bits per heavy atom. The molecule has 0 aliphatic rings. The van der Waals surface area contributed by atoms with Crippen molar-refractivity contribution in [2.45, 2.75) is 18.7 Å². The Morgan fingerprint density at radius 1 is 1.56 bits per heavy atom. The van der Waals surface area contributed by atoms with E-state index in [9.17, 15) is 13.7 Å². The number of aromatic hydroxyl groups is 1. The van der Waals surface area contributed by atoms with Gasteiger partial charge in [0.15, 0.2) is 0 Å². The molecular weight excluding hydrogens is 229 g/mol. The molecule has 0 amide bonds. The minimum absolute atomic E-state index is 0.0377. The summed E-state index contributed by atoms with van der Waals surface area (Å²) in [5.74, 6) is -0.305. The second kappa shape index (κ2) is 5.96. The summed E-state index contributed by atoms with van der Waals surface area (Å²) in [6.07, 6.45) is 1.64. The third-order valence-electron chi connectivity index (χ3n) is 2.36. The topological polar surface area (TPSA) is 49.3 Å². The Morgan fingerprint density at radius 2 is 2.25 bits per heavy atom. The van der Waals surface area contributed by atoms with Gasteiger partial charge in [0, 0.05) is 41.0 Å². The Hall–Kier alpha value is -0.940. The van der Waals surface area contributed by atoms with Crippen LogP contribution < -0.4 is 5.32 Å². The third kappa shape index (κ3) is 3.90. The van der Waals surface area contributed by atoms with Crippen LogP contribution in [-0.4, -0.2) is 27.4 Å². The lowest BCUT2D eigenvalue weighted by Gasteiger charge is -2.10. The molecule has 2 atom stereocenters. The van der Waals surface area contributed by atoms with Crippen molar-refractivity contribution in [1.29, 1.82) is 0 Å². The molecule has 16 heavy (non-hydrogen) atoms. The van der Waals surface area contributed by atoms with Gasteiger partial charge >= 0.3 is 0 Å². The van der Waals surface area contributed by atoms with E-state index in [0.717, 1.165) is 0 Å². The maximum absolute atomic E-state index is 12.9. The van der Waals surface area contributed by atoms with Gasteiger partial charge in [-0.2, -0.15) is 0 Å². The molecule has 2 unspecified atom stereocenters. The second-order valence-electron chi connectivity index (χ2n) is 3.71. The van der Waals surface area contributed by atoms with Crippen molar-refractivity contribution in [2.24, 2.45) is 0 Å². The molecule has 0 aliphatic heterocycles. The fourth-order valence-corrected chi connectivity index (χ4v) is 1.58. The van der Waals surface area contributed by atoms with Gasteiger partial charge in [-0.15, -0.1) is 0 Å². The zero-order valence-corrected chi connectivity index (χ0v) is 10.2. The lowest BCUT2D eigenvalue weighted by atomic mass is 10.2. The number of phenols is 1. The van der Waals surface area contributed by atoms with Crippen LogP contribution in [0.4, 0.5) is 4.39 Å². The van der Waals surface area contributed by atoms with E-state index in [1.165, 1.54) is 18.2 Å². The first-order valence-corrected chi connectivity index (χ1v) is 6.63. The first kappa shape index (κ1) is 13.1. The minimum atomic E-state index is -0.877. The summed E-state index contributed by atoms with van der Waals surface area (Å²) in [7, 11) is -0.877. The standard InChI is InChI=1S/C11H16FNO2S/c1-8(16(2)15)6-13-7-9-5-10(12)3-4-11(9)14/h3-5,8,13-14H,6-7H2,1-2H3. The van der Waals surface area contributed by atoms with Crippen LogP contribution in [0.5, 0.6) is 5.75 Å². The van der Waals surface area contributed by atoms with Crippen LogP contribution in [0.25, 0.3) is 0 Å². The van der Waals surface area contributed by atoms with Crippen molar-refractivity contribution in [3.63, 3.8) is 0 Å². The van der Waals surface area contributed by atoms with E-state index in [0.29, 0.717) is 18.7 Å². The molecule has 3 nitrogen and oxygen atoms in total. The maximum Gasteiger partial charge on any atom is 0.123 e. The van der Waals surface area contributed by atoms with E-state index in [4.69, 9.17) is 0 Å². The van der Waals surface area contributed by atoms with E-state index in [1.54, 1.807) is 6.26 Å². The lowest BCUT2D eigenvalue weighted by Crippen LogP contribution is -2.27. The summed E-state index contributed by atoms with van der Waals surface area (Å²) in [5, 5.41) is 12.5. The van der Waals surface area contributed by atoms with Gasteiger partial charge in [-0.3, -0.25) is 4.21 Å². The summed E-state index contributed by atoms with van der Waals surface area (Å²) in [5.41, 5.74) is 0.508. The van der Waals surface area contributed by atoms with Gasteiger partial charge in [0.05, 0.1) is 0 Å². The fourth-order valence-electron chi connectivity index (χ4n) is 1.22. The molecule has 1 aromatic carbocycles. The van der Waals surface area contributed by atoms with Gasteiger partial charge in [-0.05, 0) is 25.1 Å². The summed E-state index contributed by atoms with van der Waals surface area (Å²) in [6.45, 7) is 2.80. The van der Waals surface area contributed by atoms with Gasteiger partial charge in [-0.1, -0.05) is 0 Å². The quantitative estimate of drug-likeness (QED) is 0.824. The molecule has 0 aliphatic carbocycles. The Bertz CT molecular complexity index is 384. The highest BCUT2D eigenvalue weighted by Gasteiger charge is 2.07. The van der Waals surface area contributed by atoms with Gasteiger partial charge < -0.3 is 10.4 Å². The fraction of sp³-hybridized carbons (Fsp3) is 0.455. The molecule has 1 rings (SSSR count). The van der Waals surface area contributed by atoms with Crippen LogP contribution in [0, 0.1) is 5.82 Å². The van der Waals surface area contributed by atoms with Crippen LogP contribution >= 0.6 is 0 Å². The summed E-state index contributed by atoms with van der Waals surface area (Å²) in [4.78, 5) is 0. The van der Waals surface area contributed by atoms with Crippen molar-refractivity contribution in [3.05, 3.63) is 29.6 Å². The zero-order valence-electron chi connectivity index (χ0n) is 9.37. The summed E-state index contributed by atoms with van der Waals surface area (Å²) < 4.78 is 23.9. The molecule has 0 radical (unpaired) electrons. The molecule has 0 spiro atoms. The van der Waals surface area contributed by atoms with Crippen molar-refractivity contribution in [3.8, 4) is 5.75 Å². The largest absolute Gasteiger partial charge is 0.508 e. The van der Waals surface area contributed by atoms with E-state index < -0.39 is 10.8 Å². The van der Waals surface area contributed by atoms with Gasteiger partial charge in [0.1, 0.15) is 11.6 Å². The molecule has 2 N–H and O–H groups in total. The highest BCUT2D eigenvalue weighted by molar-refractivity contribution is 7.84. The number of nitrogens with one attached hydrogen (secondary N) is 1. The highest BCUT2D eigenvalue weighted by Crippen LogP contribution is 2.17. The molecule has 0 saturated heterocycles. The van der Waals surface area contributed by atoms with E-state index >= 15 is 0 Å². The van der Waals surface area contributed by atoms with Gasteiger partial charge in [0.25, 0.3) is 0 Å². The third-order valence-corrected chi connectivity index (χ3v) is 3.66. The molecule has 0 aromatic heterocycles. The second-order valence-corrected chi connectivity index (χ2v) is 5.52. The molecule has 5 heteroatoms. The maximum atomic E-state index is 12.9. The van der Waals surface area contributed by atoms with Crippen molar-refractivity contribution in [2.75, 3.05) is 12.8 Å². The number of hydrogen-bond donors (Lipinski definition) is 2. The van der Waals surface area contributed by atoms with Crippen LogP contribution in [0.3, 0.4) is 0 Å². The lowest BCUT2D eigenvalue weighted by molar-refractivity contribution is 0.461. The van der Waals surface area contributed by atoms with Gasteiger partial charge in [0.2, 0.25) is 0 Å². The van der Waals surface area contributed by atoms with Crippen molar-refractivity contribution >= 4 is 10.8 Å². The number of phenolic OH excluding ortho intramolecular Hbond substituents is 1. The molecule has 0 heterocycles. The van der Waals surface area contributed by atoms with Crippen LogP contribution in [0.2, 0.25) is 0 Å². The Kier molecular flexibility index (Phi) is 4.89. The number of rotatable bonds is 5. The van der Waals surface area contributed by atoms with Crippen LogP contribution in [-0.2, 0) is 17.3 Å². The number of benzene rings is 1. The normalized spacial score (nSPS) is 14.7. The first-order chi connectivity index (χ1) is 7.50. The number of hydrogen-bond acceptors (Lipinski definition) is 3. The predicted octanol–water partition coefficient (Wildman–Crippen LogP) is 1.39. The average molecular weight is 245 g/mol. The predicted molar refractivity (Wildman–Crippen MR) is 63.3 cm³/mol. The number of halogens is 1. The van der Waals surface area contributed by atoms with Crippen molar-refractivity contribution in [1.82, 2.24) is 5.32 Å². The van der Waals surface area contributed by atoms with Gasteiger partial charge in [-0.25, -0.2) is 4.39 Å². The molecular formula is C11H16FNO2S. The first-order valence-electron chi connectivity index (χ1n) is 5.01. The minimum Gasteiger partial charge on any atom is -0.508 e. The molecule has 1 aromatic rings. The van der Waals surface area contributed by atoms with E-state index in [-0.39, 0.29) is 16.8 Å². The smallest absolute Gasteiger partial charge is 0.123 e. The van der Waals surface area contributed by atoms with Crippen molar-refractivity contribution < 1.29 is 13.7 Å². The Balaban J connectivity index is 2.48. The molecule has 90 valence electrons. The average Bonchev–Trinajstić information content (AvgIpc) is 2.22. The summed E-state index contributed by atoms with van der Waals surface area (Å²) >= 11 is 0. The molecule has 0 fully saturated rings. The van der Waals surface area contributed by atoms with Crippen LogP contribution in [0.1, 0.15) is 12.5 Å². The SMILES string of the molecule is CC(CNCc1cc(F)ccc1O)S(C)=O. The molecule has 0 saturated carbocycles.